The molecule has 0 radical (unpaired) electrons. The van der Waals surface area contributed by atoms with Gasteiger partial charge in [-0.15, -0.1) is 0 Å². The standard InChI is InChI=1S/C21H23F4N3O4S/c1-32-11-3-4-17-15(6-9-19(27-17)21(23,24)25)7-10-20(29)26-13-14-5-8-18(16(22)12-14)28-33(2,30)31/h5-10,12,28H,3-4,11,13H2,1-2H3,(H,26,29)/b10-7-. The van der Waals surface area contributed by atoms with Crippen LogP contribution in [-0.4, -0.2) is 39.3 Å². The van der Waals surface area contributed by atoms with Crippen molar-refractivity contribution in [1.29, 1.82) is 0 Å². The van der Waals surface area contributed by atoms with Crippen LogP contribution in [0.1, 0.15) is 28.9 Å². The minimum Gasteiger partial charge on any atom is -0.385 e. The van der Waals surface area contributed by atoms with E-state index >= 15 is 0 Å². The van der Waals surface area contributed by atoms with Crippen LogP contribution in [0.4, 0.5) is 23.2 Å². The number of rotatable bonds is 10. The fourth-order valence-corrected chi connectivity index (χ4v) is 3.34. The number of alkyl halides is 3. The molecule has 180 valence electrons. The Kier molecular flexibility index (Phi) is 8.94. The zero-order chi connectivity index (χ0) is 24.6. The lowest BCUT2D eigenvalue weighted by molar-refractivity contribution is -0.141. The molecule has 1 heterocycles. The molecule has 0 saturated heterocycles. The van der Waals surface area contributed by atoms with E-state index in [-0.39, 0.29) is 24.3 Å². The molecule has 7 nitrogen and oxygen atoms in total. The van der Waals surface area contributed by atoms with Gasteiger partial charge in [0.05, 0.1) is 11.9 Å². The van der Waals surface area contributed by atoms with Crippen LogP contribution in [0.2, 0.25) is 0 Å². The van der Waals surface area contributed by atoms with Crippen LogP contribution in [0.3, 0.4) is 0 Å². The summed E-state index contributed by atoms with van der Waals surface area (Å²) in [6.45, 7) is 0.293. The topological polar surface area (TPSA) is 97.4 Å². The number of sulfonamides is 1. The quantitative estimate of drug-likeness (QED) is 0.302. The van der Waals surface area contributed by atoms with Gasteiger partial charge in [0, 0.05) is 32.0 Å². The number of carbonyl (C=O) groups excluding carboxylic acids is 1. The van der Waals surface area contributed by atoms with Crippen LogP contribution >= 0.6 is 0 Å². The van der Waals surface area contributed by atoms with Gasteiger partial charge in [-0.25, -0.2) is 17.8 Å². The van der Waals surface area contributed by atoms with Gasteiger partial charge in [0.1, 0.15) is 11.5 Å². The number of ether oxygens (including phenoxy) is 1. The molecule has 2 rings (SSSR count). The number of nitrogens with zero attached hydrogens (tertiary/aromatic N) is 1. The van der Waals surface area contributed by atoms with Gasteiger partial charge in [-0.3, -0.25) is 9.52 Å². The number of halogens is 4. The molecule has 2 aromatic rings. The number of amides is 1. The van der Waals surface area contributed by atoms with Crippen molar-refractivity contribution in [1.82, 2.24) is 10.3 Å². The van der Waals surface area contributed by atoms with Crippen molar-refractivity contribution < 1.29 is 35.5 Å². The fourth-order valence-electron chi connectivity index (χ4n) is 2.77. The molecule has 0 aliphatic rings. The second-order valence-corrected chi connectivity index (χ2v) is 8.81. The Labute approximate surface area is 188 Å². The number of carbonyl (C=O) groups is 1. The maximum Gasteiger partial charge on any atom is 0.433 e. The molecular formula is C21H23F4N3O4S. The maximum absolute atomic E-state index is 14.0. The highest BCUT2D eigenvalue weighted by atomic mass is 32.2. The van der Waals surface area contributed by atoms with E-state index in [2.05, 4.69) is 10.3 Å². The van der Waals surface area contributed by atoms with Crippen LogP contribution in [0, 0.1) is 5.82 Å². The van der Waals surface area contributed by atoms with Gasteiger partial charge in [0.2, 0.25) is 15.9 Å². The molecule has 1 aromatic carbocycles. The fraction of sp³-hybridized carbons (Fsp3) is 0.333. The third-order valence-corrected chi connectivity index (χ3v) is 4.86. The van der Waals surface area contributed by atoms with Gasteiger partial charge in [-0.05, 0) is 48.2 Å². The van der Waals surface area contributed by atoms with Crippen LogP contribution < -0.4 is 10.0 Å². The number of aryl methyl sites for hydroxylation is 1. The summed E-state index contributed by atoms with van der Waals surface area (Å²) in [5.74, 6) is -1.37. The van der Waals surface area contributed by atoms with Crippen LogP contribution in [0.5, 0.6) is 0 Å². The van der Waals surface area contributed by atoms with Crippen LogP contribution in [0.25, 0.3) is 6.08 Å². The van der Waals surface area contributed by atoms with E-state index in [0.717, 1.165) is 24.5 Å². The van der Waals surface area contributed by atoms with Gasteiger partial charge in [-0.2, -0.15) is 13.2 Å². The zero-order valence-electron chi connectivity index (χ0n) is 17.9. The van der Waals surface area contributed by atoms with E-state index in [0.29, 0.717) is 24.2 Å². The molecule has 1 amide bonds. The highest BCUT2D eigenvalue weighted by Gasteiger charge is 2.32. The third kappa shape index (κ3) is 8.81. The first-order chi connectivity index (χ1) is 15.4. The lowest BCUT2D eigenvalue weighted by Crippen LogP contribution is -2.20. The minimum atomic E-state index is -4.59. The Morgan fingerprint density at radius 3 is 2.55 bits per heavy atom. The molecule has 12 heteroatoms. The van der Waals surface area contributed by atoms with Crippen LogP contribution in [0.15, 0.2) is 36.4 Å². The van der Waals surface area contributed by atoms with Crippen molar-refractivity contribution in [2.75, 3.05) is 24.7 Å². The number of aromatic nitrogens is 1. The second-order valence-electron chi connectivity index (χ2n) is 7.07. The summed E-state index contributed by atoms with van der Waals surface area (Å²) in [4.78, 5) is 15.8. The number of nitrogens with one attached hydrogen (secondary N) is 2. The molecule has 0 atom stereocenters. The second kappa shape index (κ2) is 11.2. The smallest absolute Gasteiger partial charge is 0.385 e. The third-order valence-electron chi connectivity index (χ3n) is 4.27. The van der Waals surface area contributed by atoms with Gasteiger partial charge in [0.25, 0.3) is 0 Å². The molecule has 0 saturated carbocycles. The van der Waals surface area contributed by atoms with Crippen molar-refractivity contribution in [2.24, 2.45) is 0 Å². The Morgan fingerprint density at radius 1 is 1.21 bits per heavy atom. The van der Waals surface area contributed by atoms with Gasteiger partial charge in [-0.1, -0.05) is 12.1 Å². The Hall–Kier alpha value is -2.99. The van der Waals surface area contributed by atoms with Crippen LogP contribution in [-0.2, 0) is 38.7 Å². The zero-order valence-corrected chi connectivity index (χ0v) is 18.7. The molecule has 33 heavy (non-hydrogen) atoms. The summed E-state index contributed by atoms with van der Waals surface area (Å²) in [5.41, 5.74) is -0.321. The number of hydrogen-bond acceptors (Lipinski definition) is 5. The lowest BCUT2D eigenvalue weighted by Gasteiger charge is -2.11. The summed E-state index contributed by atoms with van der Waals surface area (Å²) >= 11 is 0. The Morgan fingerprint density at radius 2 is 1.94 bits per heavy atom. The predicted molar refractivity (Wildman–Crippen MR) is 115 cm³/mol. The average molecular weight is 489 g/mol. The summed E-state index contributed by atoms with van der Waals surface area (Å²) < 4.78 is 82.3. The molecule has 0 fully saturated rings. The summed E-state index contributed by atoms with van der Waals surface area (Å²) in [6, 6.07) is 5.82. The Balaban J connectivity index is 2.06. The highest BCUT2D eigenvalue weighted by Crippen LogP contribution is 2.28. The van der Waals surface area contributed by atoms with Gasteiger partial charge >= 0.3 is 6.18 Å². The first-order valence-electron chi connectivity index (χ1n) is 9.67. The summed E-state index contributed by atoms with van der Waals surface area (Å²) in [5, 5.41) is 2.52. The summed E-state index contributed by atoms with van der Waals surface area (Å²) in [6.07, 6.45) is -0.524. The molecule has 0 unspecified atom stereocenters. The van der Waals surface area contributed by atoms with E-state index in [9.17, 15) is 30.8 Å². The van der Waals surface area contributed by atoms with E-state index in [1.54, 1.807) is 0 Å². The first-order valence-corrected chi connectivity index (χ1v) is 11.6. The maximum atomic E-state index is 14.0. The van der Waals surface area contributed by atoms with E-state index in [1.807, 2.05) is 4.72 Å². The molecule has 0 aliphatic carbocycles. The monoisotopic (exact) mass is 489 g/mol. The van der Waals surface area contributed by atoms with Crippen molar-refractivity contribution in [3.63, 3.8) is 0 Å². The average Bonchev–Trinajstić information content (AvgIpc) is 2.71. The number of benzene rings is 1. The Bertz CT molecular complexity index is 1120. The molecule has 2 N–H and O–H groups in total. The van der Waals surface area contributed by atoms with Crippen molar-refractivity contribution in [2.45, 2.75) is 25.6 Å². The lowest BCUT2D eigenvalue weighted by atomic mass is 10.1. The van der Waals surface area contributed by atoms with Gasteiger partial charge < -0.3 is 10.1 Å². The number of anilines is 1. The number of hydrogen-bond donors (Lipinski definition) is 2. The molecule has 0 bridgehead atoms. The van der Waals surface area contributed by atoms with Crippen molar-refractivity contribution >= 4 is 27.7 Å². The van der Waals surface area contributed by atoms with E-state index in [1.165, 1.54) is 31.4 Å². The number of methoxy groups -OCH3 is 1. The highest BCUT2D eigenvalue weighted by molar-refractivity contribution is 7.92. The predicted octanol–water partition coefficient (Wildman–Crippen LogP) is 3.52. The SMILES string of the molecule is COCCCc1nc(C(F)(F)F)ccc1/C=C\C(=O)NCc1ccc(NS(C)(=O)=O)c(F)c1. The molecule has 0 spiro atoms. The van der Waals surface area contributed by atoms with Crippen molar-refractivity contribution in [3.8, 4) is 0 Å². The first kappa shape index (κ1) is 26.3. The number of pyridine rings is 1. The largest absolute Gasteiger partial charge is 0.433 e. The van der Waals surface area contributed by atoms with E-state index in [4.69, 9.17) is 4.74 Å². The molecule has 0 aliphatic heterocycles. The molecular weight excluding hydrogens is 466 g/mol. The normalized spacial score (nSPS) is 12.2. The minimum absolute atomic E-state index is 0.0504. The summed E-state index contributed by atoms with van der Waals surface area (Å²) in [7, 11) is -2.16. The van der Waals surface area contributed by atoms with Gasteiger partial charge in [0.15, 0.2) is 0 Å². The van der Waals surface area contributed by atoms with E-state index < -0.39 is 33.6 Å². The van der Waals surface area contributed by atoms with Crippen molar-refractivity contribution in [3.05, 3.63) is 64.7 Å². The molecule has 1 aromatic heterocycles.